The Labute approximate surface area is 106 Å². The molecule has 0 N–H and O–H groups in total. The molecule has 1 aromatic carbocycles. The van der Waals surface area contributed by atoms with Crippen LogP contribution in [-0.4, -0.2) is 16.7 Å². The molecule has 19 heavy (non-hydrogen) atoms. The van der Waals surface area contributed by atoms with E-state index in [0.717, 1.165) is 16.9 Å². The number of carbonyl (C=O) groups excluding carboxylic acids is 2. The number of rotatable bonds is 0. The smallest absolute Gasteiger partial charge is 0.356 e. The van der Waals surface area contributed by atoms with Crippen LogP contribution in [0.1, 0.15) is 0 Å². The van der Waals surface area contributed by atoms with Crippen LogP contribution in [-0.2, 0) is 9.59 Å². The van der Waals surface area contributed by atoms with E-state index in [2.05, 4.69) is 0 Å². The molecular weight excluding hydrogens is 250 g/mol. The van der Waals surface area contributed by atoms with E-state index < -0.39 is 17.5 Å². The molecule has 1 aromatic heterocycles. The van der Waals surface area contributed by atoms with Crippen LogP contribution in [0.25, 0.3) is 10.9 Å². The van der Waals surface area contributed by atoms with Gasteiger partial charge in [0.1, 0.15) is 0 Å². The third-order valence-electron chi connectivity index (χ3n) is 2.58. The van der Waals surface area contributed by atoms with Crippen LogP contribution < -0.4 is 15.1 Å². The Morgan fingerprint density at radius 3 is 2.53 bits per heavy atom. The Kier molecular flexibility index (Phi) is 2.42. The van der Waals surface area contributed by atoms with Gasteiger partial charge < -0.3 is 9.57 Å². The maximum Gasteiger partial charge on any atom is 0.356 e. The molecule has 0 spiro atoms. The van der Waals surface area contributed by atoms with Crippen LogP contribution in [0.15, 0.2) is 47.3 Å². The van der Waals surface area contributed by atoms with Crippen LogP contribution >= 0.6 is 0 Å². The average Bonchev–Trinajstić information content (AvgIpc) is 2.43. The van der Waals surface area contributed by atoms with E-state index in [4.69, 9.17) is 9.57 Å². The van der Waals surface area contributed by atoms with Gasteiger partial charge in [0.2, 0.25) is 0 Å². The molecule has 0 saturated heterocycles. The van der Waals surface area contributed by atoms with Crippen LogP contribution in [0.2, 0.25) is 0 Å². The maximum atomic E-state index is 12.1. The summed E-state index contributed by atoms with van der Waals surface area (Å²) in [5.41, 5.74) is -0.292. The molecule has 3 rings (SSSR count). The van der Waals surface area contributed by atoms with Crippen molar-refractivity contribution in [2.24, 2.45) is 0 Å². The van der Waals surface area contributed by atoms with Gasteiger partial charge in [-0.25, -0.2) is 9.59 Å². The minimum Gasteiger partial charge on any atom is -0.417 e. The predicted octanol–water partition coefficient (Wildman–Crippen LogP) is 0.432. The van der Waals surface area contributed by atoms with E-state index in [1.807, 2.05) is 0 Å². The van der Waals surface area contributed by atoms with E-state index in [0.29, 0.717) is 10.9 Å². The van der Waals surface area contributed by atoms with Crippen molar-refractivity contribution >= 4 is 22.8 Å². The highest BCUT2D eigenvalue weighted by Crippen LogP contribution is 2.17. The van der Waals surface area contributed by atoms with E-state index >= 15 is 0 Å². The van der Waals surface area contributed by atoms with Crippen molar-refractivity contribution in [3.63, 3.8) is 0 Å². The second-order valence-electron chi connectivity index (χ2n) is 3.83. The van der Waals surface area contributed by atoms with Crippen molar-refractivity contribution < 1.29 is 19.2 Å². The number of esters is 1. The fourth-order valence-electron chi connectivity index (χ4n) is 1.77. The summed E-state index contributed by atoms with van der Waals surface area (Å²) in [6.07, 6.45) is 1.81. The zero-order valence-electron chi connectivity index (χ0n) is 9.53. The molecule has 0 amide bonds. The Morgan fingerprint density at radius 2 is 1.68 bits per heavy atom. The average molecular weight is 257 g/mol. The molecular formula is C13H7NO5. The Balaban J connectivity index is 2.37. The van der Waals surface area contributed by atoms with E-state index in [-0.39, 0.29) is 5.75 Å². The van der Waals surface area contributed by atoms with Gasteiger partial charge in [0.05, 0.1) is 5.52 Å². The lowest BCUT2D eigenvalue weighted by atomic mass is 10.2. The summed E-state index contributed by atoms with van der Waals surface area (Å²) in [6.45, 7) is 0. The number of hydrogen-bond acceptors (Lipinski definition) is 5. The van der Waals surface area contributed by atoms with Crippen LogP contribution in [0.4, 0.5) is 0 Å². The lowest BCUT2D eigenvalue weighted by molar-refractivity contribution is -0.138. The highest BCUT2D eigenvalue weighted by molar-refractivity contribution is 5.94. The van der Waals surface area contributed by atoms with Gasteiger partial charge in [-0.3, -0.25) is 4.79 Å². The molecule has 1 aliphatic heterocycles. The SMILES string of the molecule is O=C1/C=C/C(=O)On2c(=O)c(cc3ccccc32)O1. The first-order valence-electron chi connectivity index (χ1n) is 5.42. The normalized spacial score (nSPS) is 16.0. The van der Waals surface area contributed by atoms with E-state index in [1.165, 1.54) is 6.07 Å². The van der Waals surface area contributed by atoms with Gasteiger partial charge >= 0.3 is 17.5 Å². The summed E-state index contributed by atoms with van der Waals surface area (Å²) in [7, 11) is 0. The fraction of sp³-hybridized carbons (Fsp3) is 0. The molecule has 0 saturated carbocycles. The van der Waals surface area contributed by atoms with Gasteiger partial charge in [0, 0.05) is 17.5 Å². The molecule has 2 heterocycles. The highest BCUT2D eigenvalue weighted by Gasteiger charge is 2.17. The standard InChI is InChI=1S/C13H7NO5/c15-11-5-6-12(16)19-14-9-4-2-1-3-8(9)7-10(18-11)13(14)17/h1-7H/b6-5+. The number of hydrogen-bond donors (Lipinski definition) is 0. The number of carbonyl (C=O) groups is 2. The molecule has 2 aromatic rings. The molecule has 0 atom stereocenters. The second-order valence-corrected chi connectivity index (χ2v) is 3.83. The zero-order valence-corrected chi connectivity index (χ0v) is 9.53. The van der Waals surface area contributed by atoms with Crippen LogP contribution in [0.5, 0.6) is 5.75 Å². The highest BCUT2D eigenvalue weighted by atomic mass is 16.7. The van der Waals surface area contributed by atoms with Crippen LogP contribution in [0.3, 0.4) is 0 Å². The molecule has 0 fully saturated rings. The van der Waals surface area contributed by atoms with Crippen molar-refractivity contribution in [2.75, 3.05) is 0 Å². The molecule has 0 radical (unpaired) electrons. The number of pyridine rings is 1. The second kappa shape index (κ2) is 4.09. The van der Waals surface area contributed by atoms with Gasteiger partial charge in [-0.1, -0.05) is 18.2 Å². The van der Waals surface area contributed by atoms with E-state index in [1.54, 1.807) is 24.3 Å². The van der Waals surface area contributed by atoms with Gasteiger partial charge in [-0.05, 0) is 12.1 Å². The van der Waals surface area contributed by atoms with Gasteiger partial charge in [0.15, 0.2) is 5.75 Å². The van der Waals surface area contributed by atoms with Gasteiger partial charge in [-0.15, -0.1) is 4.73 Å². The Hall–Kier alpha value is -2.89. The van der Waals surface area contributed by atoms with Crippen molar-refractivity contribution in [3.05, 3.63) is 52.8 Å². The first kappa shape index (κ1) is 11.2. The minimum absolute atomic E-state index is 0.192. The van der Waals surface area contributed by atoms with Gasteiger partial charge in [0.25, 0.3) is 0 Å². The number of ether oxygens (including phenoxy) is 1. The quantitative estimate of drug-likeness (QED) is 0.640. The molecule has 1 aliphatic rings. The first-order valence-corrected chi connectivity index (χ1v) is 5.42. The van der Waals surface area contributed by atoms with Crippen molar-refractivity contribution in [3.8, 4) is 5.75 Å². The zero-order chi connectivity index (χ0) is 13.4. The van der Waals surface area contributed by atoms with E-state index in [9.17, 15) is 14.4 Å². The first-order chi connectivity index (χ1) is 9.15. The molecule has 94 valence electrons. The molecule has 6 nitrogen and oxygen atoms in total. The maximum absolute atomic E-state index is 12.1. The summed E-state index contributed by atoms with van der Waals surface area (Å²) in [6, 6.07) is 8.22. The number of para-hydroxylation sites is 1. The molecule has 2 bridgehead atoms. The Bertz CT molecular complexity index is 787. The number of aromatic nitrogens is 1. The number of fused-ring (bicyclic) bond motifs is 4. The van der Waals surface area contributed by atoms with Gasteiger partial charge in [-0.2, -0.15) is 0 Å². The van der Waals surface area contributed by atoms with Crippen molar-refractivity contribution in [1.82, 2.24) is 4.73 Å². The monoisotopic (exact) mass is 257 g/mol. The molecule has 0 aliphatic carbocycles. The van der Waals surface area contributed by atoms with Crippen molar-refractivity contribution in [1.29, 1.82) is 0 Å². The minimum atomic E-state index is -0.830. The third-order valence-corrected chi connectivity index (χ3v) is 2.58. The summed E-state index contributed by atoms with van der Waals surface area (Å²) in [5, 5.41) is 0.611. The summed E-state index contributed by atoms with van der Waals surface area (Å²) in [5.74, 6) is -1.83. The largest absolute Gasteiger partial charge is 0.417 e. The molecule has 0 unspecified atom stereocenters. The lowest BCUT2D eigenvalue weighted by Gasteiger charge is -2.09. The summed E-state index contributed by atoms with van der Waals surface area (Å²) >= 11 is 0. The number of nitrogens with zero attached hydrogens (tertiary/aromatic N) is 1. The summed E-state index contributed by atoms with van der Waals surface area (Å²) in [4.78, 5) is 39.8. The Morgan fingerprint density at radius 1 is 0.947 bits per heavy atom. The fourth-order valence-corrected chi connectivity index (χ4v) is 1.77. The van der Waals surface area contributed by atoms with Crippen LogP contribution in [0, 0.1) is 0 Å². The lowest BCUT2D eigenvalue weighted by Crippen LogP contribution is -2.30. The molecule has 6 heteroatoms. The number of benzene rings is 1. The topological polar surface area (TPSA) is 74.6 Å². The summed E-state index contributed by atoms with van der Waals surface area (Å²) < 4.78 is 5.69. The predicted molar refractivity (Wildman–Crippen MR) is 64.6 cm³/mol. The third kappa shape index (κ3) is 1.89. The van der Waals surface area contributed by atoms with Crippen molar-refractivity contribution in [2.45, 2.75) is 0 Å².